The third kappa shape index (κ3) is 8.28. The third-order valence-corrected chi connectivity index (χ3v) is 11.1. The van der Waals surface area contributed by atoms with E-state index in [2.05, 4.69) is 32.5 Å². The Morgan fingerprint density at radius 2 is 1.53 bits per heavy atom. The lowest BCUT2D eigenvalue weighted by molar-refractivity contribution is -0.135. The minimum atomic E-state index is -0.869. The Kier molecular flexibility index (Phi) is 11.8. The number of nitrogens with one attached hydrogen (secondary N) is 4. The summed E-state index contributed by atoms with van der Waals surface area (Å²) in [5, 5.41) is 8.78. The summed E-state index contributed by atoms with van der Waals surface area (Å²) in [6.07, 6.45) is 5.18. The largest absolute Gasteiger partial charge is 0.453 e. The van der Waals surface area contributed by atoms with Crippen LogP contribution in [-0.2, 0) is 19.1 Å². The van der Waals surface area contributed by atoms with Crippen molar-refractivity contribution in [3.63, 3.8) is 0 Å². The first-order chi connectivity index (χ1) is 27.9. The number of aromatic amines is 1. The fraction of sp³-hybridized carbons (Fsp3) is 0.429. The van der Waals surface area contributed by atoms with Crippen LogP contribution < -0.4 is 16.0 Å². The number of methoxy groups -OCH3 is 2. The zero-order chi connectivity index (χ0) is 41.1. The van der Waals surface area contributed by atoms with Crippen molar-refractivity contribution < 1.29 is 28.7 Å². The quantitative estimate of drug-likeness (QED) is 0.154. The molecule has 0 radical (unpaired) electrons. The number of carbonyl (C=O) groups is 4. The molecule has 16 nitrogen and oxygen atoms in total. The first-order valence-corrected chi connectivity index (χ1v) is 19.6. The van der Waals surface area contributed by atoms with Gasteiger partial charge in [0.1, 0.15) is 24.1 Å². The number of aliphatic imine (C=N–C) groups is 1. The van der Waals surface area contributed by atoms with Gasteiger partial charge in [-0.1, -0.05) is 50.8 Å². The summed E-state index contributed by atoms with van der Waals surface area (Å²) >= 11 is 0. The number of hydrogen-bond acceptors (Lipinski definition) is 11. The zero-order valence-electron chi connectivity index (χ0n) is 33.4. The van der Waals surface area contributed by atoms with E-state index in [9.17, 15) is 19.2 Å². The van der Waals surface area contributed by atoms with Gasteiger partial charge in [-0.2, -0.15) is 0 Å². The predicted octanol–water partition coefficient (Wildman–Crippen LogP) is 4.74. The van der Waals surface area contributed by atoms with Gasteiger partial charge in [-0.05, 0) is 61.8 Å². The number of fused-ring (bicyclic) bond motifs is 1. The molecule has 304 valence electrons. The molecule has 0 aliphatic carbocycles. The number of imidazole rings is 1. The van der Waals surface area contributed by atoms with Gasteiger partial charge in [0.25, 0.3) is 0 Å². The summed E-state index contributed by atoms with van der Waals surface area (Å²) in [5.41, 5.74) is 7.23. The second kappa shape index (κ2) is 17.1. The fourth-order valence-electron chi connectivity index (χ4n) is 7.99. The fourth-order valence-corrected chi connectivity index (χ4v) is 7.99. The average molecular weight is 791 g/mol. The van der Waals surface area contributed by atoms with Gasteiger partial charge in [0.15, 0.2) is 0 Å². The van der Waals surface area contributed by atoms with Crippen molar-refractivity contribution >= 4 is 40.7 Å². The maximum Gasteiger partial charge on any atom is 0.407 e. The molecule has 3 aliphatic heterocycles. The summed E-state index contributed by atoms with van der Waals surface area (Å²) in [6.45, 7) is 11.1. The molecular formula is C42H50N10O6. The van der Waals surface area contributed by atoms with Crippen molar-refractivity contribution in [2.24, 2.45) is 10.9 Å². The molecule has 4 N–H and O–H groups in total. The number of amides is 4. The van der Waals surface area contributed by atoms with E-state index in [1.807, 2.05) is 56.3 Å². The Labute approximate surface area is 336 Å². The molecule has 2 aromatic carbocycles. The standard InChI is InChI=1S/C42H50N10O6/c1-23(2)35(49-41(55)57-5)39(53)51-17-7-9-33(51)37-44-21-31(47-37)26-13-11-25(12-14-26)30-20-43-29-19-27(15-16-28(29)46-30)32-22-45-38(48-32)34-10-8-18-52(34)40(54)36(24(3)4)50-42(56)58-6/h11-16,19-20,22,24,33-37,44H,1,7-10,17-18,21H2,2-6H3,(H,45,48)(H,49,55)(H,50,56). The number of benzene rings is 2. The number of hydrogen-bond donors (Lipinski definition) is 4. The molecule has 5 unspecified atom stereocenters. The van der Waals surface area contributed by atoms with Gasteiger partial charge in [-0.15, -0.1) is 0 Å². The van der Waals surface area contributed by atoms with Crippen LogP contribution in [0.15, 0.2) is 72.0 Å². The molecule has 4 aromatic rings. The van der Waals surface area contributed by atoms with Gasteiger partial charge in [-0.25, -0.2) is 19.6 Å². The lowest BCUT2D eigenvalue weighted by Crippen LogP contribution is -2.54. The third-order valence-electron chi connectivity index (χ3n) is 11.1. The molecule has 7 rings (SSSR count). The van der Waals surface area contributed by atoms with E-state index in [0.717, 1.165) is 70.5 Å². The number of carbonyl (C=O) groups excluding carboxylic acids is 4. The van der Waals surface area contributed by atoms with Gasteiger partial charge in [0.2, 0.25) is 11.8 Å². The monoisotopic (exact) mass is 790 g/mol. The highest BCUT2D eigenvalue weighted by molar-refractivity contribution is 6.03. The van der Waals surface area contributed by atoms with Crippen molar-refractivity contribution in [2.45, 2.75) is 76.8 Å². The summed E-state index contributed by atoms with van der Waals surface area (Å²) < 4.78 is 9.48. The second-order valence-corrected chi connectivity index (χ2v) is 15.3. The van der Waals surface area contributed by atoms with Crippen LogP contribution in [0.5, 0.6) is 0 Å². The van der Waals surface area contributed by atoms with Gasteiger partial charge in [0, 0.05) is 30.8 Å². The SMILES string of the molecule is C=C(C)C(NC(=O)OC)C(=O)N1CCCC1C1N=C(c2ccc(-c3cnc4cc(-c5cnc(C6CCCN6C(=O)C(NC(=O)OC)C(C)C)[nH]5)ccc4n3)cc2)CN1. The van der Waals surface area contributed by atoms with Crippen LogP contribution in [0.3, 0.4) is 0 Å². The van der Waals surface area contributed by atoms with Crippen LogP contribution in [0, 0.1) is 5.92 Å². The molecule has 2 fully saturated rings. The van der Waals surface area contributed by atoms with E-state index in [1.165, 1.54) is 14.2 Å². The van der Waals surface area contributed by atoms with Gasteiger partial charge in [0.05, 0.1) is 66.8 Å². The maximum atomic E-state index is 13.6. The number of aromatic nitrogens is 4. The van der Waals surface area contributed by atoms with Crippen molar-refractivity contribution in [3.05, 3.63) is 78.4 Å². The van der Waals surface area contributed by atoms with E-state index in [1.54, 1.807) is 29.1 Å². The first-order valence-electron chi connectivity index (χ1n) is 19.6. The Bertz CT molecular complexity index is 2240. The molecular weight excluding hydrogens is 741 g/mol. The normalized spacial score (nSPS) is 20.2. The molecule has 0 saturated carbocycles. The highest BCUT2D eigenvalue weighted by atomic mass is 16.5. The average Bonchev–Trinajstić information content (AvgIpc) is 4.07. The first kappa shape index (κ1) is 40.1. The molecule has 2 aromatic heterocycles. The second-order valence-electron chi connectivity index (χ2n) is 15.3. The molecule has 4 amide bonds. The Hall–Kier alpha value is -6.16. The van der Waals surface area contributed by atoms with Crippen LogP contribution in [-0.4, -0.2) is 118 Å². The van der Waals surface area contributed by atoms with Crippen LogP contribution in [0.4, 0.5) is 9.59 Å². The molecule has 5 atom stereocenters. The van der Waals surface area contributed by atoms with Gasteiger partial charge < -0.3 is 34.9 Å². The Morgan fingerprint density at radius 1 is 0.845 bits per heavy atom. The predicted molar refractivity (Wildman–Crippen MR) is 218 cm³/mol. The molecule has 3 aliphatic rings. The van der Waals surface area contributed by atoms with Crippen molar-refractivity contribution in [3.8, 4) is 22.5 Å². The smallest absolute Gasteiger partial charge is 0.407 e. The van der Waals surface area contributed by atoms with Crippen LogP contribution in [0.1, 0.15) is 63.9 Å². The van der Waals surface area contributed by atoms with E-state index < -0.39 is 24.3 Å². The van der Waals surface area contributed by atoms with E-state index in [4.69, 9.17) is 24.4 Å². The molecule has 0 spiro atoms. The molecule has 5 heterocycles. The lowest BCUT2D eigenvalue weighted by Gasteiger charge is -2.31. The van der Waals surface area contributed by atoms with Crippen LogP contribution in [0.2, 0.25) is 0 Å². The van der Waals surface area contributed by atoms with Crippen molar-refractivity contribution in [2.75, 3.05) is 33.9 Å². The Balaban J connectivity index is 1.01. The Morgan fingerprint density at radius 3 is 2.26 bits per heavy atom. The number of alkyl carbamates (subject to hydrolysis) is 2. The number of rotatable bonds is 11. The van der Waals surface area contributed by atoms with Crippen LogP contribution in [0.25, 0.3) is 33.5 Å². The van der Waals surface area contributed by atoms with Gasteiger partial charge >= 0.3 is 12.2 Å². The minimum absolute atomic E-state index is 0.118. The van der Waals surface area contributed by atoms with Gasteiger partial charge in [-0.3, -0.25) is 24.9 Å². The maximum absolute atomic E-state index is 13.6. The lowest BCUT2D eigenvalue weighted by atomic mass is 10.0. The van der Waals surface area contributed by atoms with Crippen molar-refractivity contribution in [1.82, 2.24) is 45.7 Å². The molecule has 2 saturated heterocycles. The molecule has 58 heavy (non-hydrogen) atoms. The van der Waals surface area contributed by atoms with Crippen molar-refractivity contribution in [1.29, 1.82) is 0 Å². The number of ether oxygens (including phenoxy) is 2. The highest BCUT2D eigenvalue weighted by Gasteiger charge is 2.40. The number of H-pyrrole nitrogens is 1. The summed E-state index contributed by atoms with van der Waals surface area (Å²) in [6, 6.07) is 12.0. The number of likely N-dealkylation sites (tertiary alicyclic amines) is 2. The number of nitrogens with zero attached hydrogens (tertiary/aromatic N) is 6. The van der Waals surface area contributed by atoms with E-state index in [-0.39, 0.29) is 36.0 Å². The minimum Gasteiger partial charge on any atom is -0.453 e. The van der Waals surface area contributed by atoms with Crippen LogP contribution >= 0.6 is 0 Å². The van der Waals surface area contributed by atoms with E-state index >= 15 is 0 Å². The van der Waals surface area contributed by atoms with E-state index in [0.29, 0.717) is 31.0 Å². The summed E-state index contributed by atoms with van der Waals surface area (Å²) in [4.78, 5) is 77.3. The summed E-state index contributed by atoms with van der Waals surface area (Å²) in [5.74, 6) is 0.204. The highest BCUT2D eigenvalue weighted by Crippen LogP contribution is 2.33. The topological polar surface area (TPSA) is 196 Å². The summed E-state index contributed by atoms with van der Waals surface area (Å²) in [7, 11) is 2.55. The molecule has 16 heteroatoms. The molecule has 0 bridgehead atoms. The zero-order valence-corrected chi connectivity index (χ0v) is 33.4.